The molecule has 2 atom stereocenters. The van der Waals surface area contributed by atoms with Crippen LogP contribution >= 0.6 is 0 Å². The highest BCUT2D eigenvalue weighted by Gasteiger charge is 2.22. The Labute approximate surface area is 119 Å². The van der Waals surface area contributed by atoms with E-state index in [4.69, 9.17) is 16.6 Å². The van der Waals surface area contributed by atoms with Crippen molar-refractivity contribution in [1.82, 2.24) is 5.32 Å². The molecule has 7 nitrogen and oxygen atoms in total. The summed E-state index contributed by atoms with van der Waals surface area (Å²) >= 11 is 0. The number of rotatable bonds is 11. The Balaban J connectivity index is 4.23. The lowest BCUT2D eigenvalue weighted by Gasteiger charge is -2.16. The van der Waals surface area contributed by atoms with Crippen molar-refractivity contribution in [3.63, 3.8) is 0 Å². The Kier molecular flexibility index (Phi) is 9.36. The molecule has 0 aromatic carbocycles. The second kappa shape index (κ2) is 10.2. The maximum absolute atomic E-state index is 11.7. The molecule has 20 heavy (non-hydrogen) atoms. The number of carbonyl (C=O) groups excluding carboxylic acids is 2. The van der Waals surface area contributed by atoms with Crippen LogP contribution in [0.5, 0.6) is 0 Å². The molecule has 0 radical (unpaired) electrons. The quantitative estimate of drug-likeness (QED) is 0.423. The minimum Gasteiger partial charge on any atom is -0.480 e. The fourth-order valence-corrected chi connectivity index (χ4v) is 2.08. The van der Waals surface area contributed by atoms with Gasteiger partial charge in [0, 0.05) is 6.42 Å². The Hall–Kier alpha value is -1.63. The average molecular weight is 287 g/mol. The van der Waals surface area contributed by atoms with Crippen LogP contribution in [0.1, 0.15) is 45.4 Å². The largest absolute Gasteiger partial charge is 0.480 e. The number of hydrogen-bond acceptors (Lipinski definition) is 4. The van der Waals surface area contributed by atoms with Gasteiger partial charge >= 0.3 is 5.97 Å². The summed E-state index contributed by atoms with van der Waals surface area (Å²) in [5.41, 5.74) is 10.5. The summed E-state index contributed by atoms with van der Waals surface area (Å²) in [5, 5.41) is 11.2. The van der Waals surface area contributed by atoms with Crippen LogP contribution in [0.2, 0.25) is 0 Å². The number of aliphatic carboxylic acids is 1. The van der Waals surface area contributed by atoms with Crippen molar-refractivity contribution in [2.75, 3.05) is 6.54 Å². The Morgan fingerprint density at radius 1 is 1.20 bits per heavy atom. The first kappa shape index (κ1) is 18.4. The third-order valence-electron chi connectivity index (χ3n) is 3.09. The van der Waals surface area contributed by atoms with Crippen LogP contribution in [0.15, 0.2) is 0 Å². The van der Waals surface area contributed by atoms with Crippen molar-refractivity contribution in [1.29, 1.82) is 0 Å². The lowest BCUT2D eigenvalue weighted by molar-refractivity contribution is -0.143. The second-order valence-corrected chi connectivity index (χ2v) is 4.90. The Morgan fingerprint density at radius 3 is 2.30 bits per heavy atom. The van der Waals surface area contributed by atoms with E-state index in [1.807, 2.05) is 0 Å². The molecule has 0 aromatic heterocycles. The van der Waals surface area contributed by atoms with Crippen LogP contribution in [-0.4, -0.2) is 35.5 Å². The fourth-order valence-electron chi connectivity index (χ4n) is 2.08. The fraction of sp³-hybridized carbons (Fsp3) is 0.769. The number of carboxylic acids is 1. The molecule has 0 spiro atoms. The lowest BCUT2D eigenvalue weighted by atomic mass is 9.94. The molecule has 116 valence electrons. The van der Waals surface area contributed by atoms with Crippen LogP contribution in [0.3, 0.4) is 0 Å². The summed E-state index contributed by atoms with van der Waals surface area (Å²) in [7, 11) is 0. The third-order valence-corrected chi connectivity index (χ3v) is 3.09. The van der Waals surface area contributed by atoms with Gasteiger partial charge in [-0.1, -0.05) is 19.8 Å². The second-order valence-electron chi connectivity index (χ2n) is 4.90. The topological polar surface area (TPSA) is 136 Å². The maximum atomic E-state index is 11.7. The number of carbonyl (C=O) groups is 3. The van der Waals surface area contributed by atoms with Crippen LogP contribution in [0.25, 0.3) is 0 Å². The van der Waals surface area contributed by atoms with E-state index in [2.05, 4.69) is 12.2 Å². The van der Waals surface area contributed by atoms with E-state index in [0.29, 0.717) is 18.9 Å². The molecule has 2 amide bonds. The predicted molar refractivity (Wildman–Crippen MR) is 74.7 cm³/mol. The van der Waals surface area contributed by atoms with Gasteiger partial charge in [-0.3, -0.25) is 9.59 Å². The van der Waals surface area contributed by atoms with Crippen molar-refractivity contribution in [2.24, 2.45) is 17.4 Å². The highest BCUT2D eigenvalue weighted by Crippen LogP contribution is 2.16. The highest BCUT2D eigenvalue weighted by atomic mass is 16.4. The molecule has 0 aliphatic rings. The molecule has 7 heteroatoms. The number of carboxylic acid groups (broad SMARTS) is 1. The zero-order valence-electron chi connectivity index (χ0n) is 11.9. The van der Waals surface area contributed by atoms with E-state index in [1.165, 1.54) is 0 Å². The normalized spacial score (nSPS) is 13.5. The number of primary amides is 1. The number of nitrogens with two attached hydrogens (primary N) is 2. The standard InChI is InChI=1S/C13H25N3O4/c1-2-3-9(6-7-14)4-5-12(18)16-10(13(19)20)8-11(15)17/h9-10H,2-8,14H2,1H3,(H2,15,17)(H,16,18)(H,19,20)/t9?,10-/m1/s1. The van der Waals surface area contributed by atoms with E-state index < -0.39 is 24.3 Å². The molecule has 0 saturated carbocycles. The number of hydrogen-bond donors (Lipinski definition) is 4. The maximum Gasteiger partial charge on any atom is 0.326 e. The van der Waals surface area contributed by atoms with Gasteiger partial charge in [-0.2, -0.15) is 0 Å². The summed E-state index contributed by atoms with van der Waals surface area (Å²) in [5.74, 6) is -2.03. The van der Waals surface area contributed by atoms with Crippen LogP contribution in [0, 0.1) is 5.92 Å². The van der Waals surface area contributed by atoms with Crippen molar-refractivity contribution in [3.8, 4) is 0 Å². The van der Waals surface area contributed by atoms with Crippen LogP contribution < -0.4 is 16.8 Å². The van der Waals surface area contributed by atoms with E-state index in [9.17, 15) is 14.4 Å². The van der Waals surface area contributed by atoms with Crippen LogP contribution in [0.4, 0.5) is 0 Å². The van der Waals surface area contributed by atoms with Gasteiger partial charge in [0.2, 0.25) is 11.8 Å². The van der Waals surface area contributed by atoms with Gasteiger partial charge in [0.15, 0.2) is 0 Å². The molecule has 0 fully saturated rings. The molecule has 0 heterocycles. The zero-order valence-corrected chi connectivity index (χ0v) is 11.9. The van der Waals surface area contributed by atoms with E-state index >= 15 is 0 Å². The summed E-state index contributed by atoms with van der Waals surface area (Å²) < 4.78 is 0. The summed E-state index contributed by atoms with van der Waals surface area (Å²) in [4.78, 5) is 33.3. The lowest BCUT2D eigenvalue weighted by Crippen LogP contribution is -2.43. The van der Waals surface area contributed by atoms with Gasteiger partial charge in [-0.25, -0.2) is 4.79 Å². The van der Waals surface area contributed by atoms with Crippen LogP contribution in [-0.2, 0) is 14.4 Å². The van der Waals surface area contributed by atoms with Gasteiger partial charge in [0.1, 0.15) is 6.04 Å². The SMILES string of the molecule is CCCC(CCN)CCC(=O)N[C@H](CC(N)=O)C(=O)O. The van der Waals surface area contributed by atoms with Gasteiger partial charge in [0.05, 0.1) is 6.42 Å². The third kappa shape index (κ3) is 8.47. The molecular formula is C13H25N3O4. The average Bonchev–Trinajstić information content (AvgIpc) is 2.35. The molecular weight excluding hydrogens is 262 g/mol. The molecule has 0 bridgehead atoms. The van der Waals surface area contributed by atoms with E-state index in [0.717, 1.165) is 19.3 Å². The summed E-state index contributed by atoms with van der Waals surface area (Å²) in [6, 6.07) is -1.25. The van der Waals surface area contributed by atoms with Gasteiger partial charge in [-0.15, -0.1) is 0 Å². The molecule has 0 aliphatic heterocycles. The first-order valence-electron chi connectivity index (χ1n) is 6.91. The monoisotopic (exact) mass is 287 g/mol. The first-order chi connectivity index (χ1) is 9.40. The van der Waals surface area contributed by atoms with Crippen molar-refractivity contribution in [2.45, 2.75) is 51.5 Å². The van der Waals surface area contributed by atoms with Gasteiger partial charge in [0.25, 0.3) is 0 Å². The zero-order chi connectivity index (χ0) is 15.5. The molecule has 0 aromatic rings. The number of amides is 2. The molecule has 0 rings (SSSR count). The first-order valence-corrected chi connectivity index (χ1v) is 6.91. The minimum atomic E-state index is -1.26. The van der Waals surface area contributed by atoms with Crippen molar-refractivity contribution in [3.05, 3.63) is 0 Å². The smallest absolute Gasteiger partial charge is 0.326 e. The minimum absolute atomic E-state index is 0.229. The molecule has 6 N–H and O–H groups in total. The van der Waals surface area contributed by atoms with Crippen molar-refractivity contribution >= 4 is 17.8 Å². The van der Waals surface area contributed by atoms with Gasteiger partial charge in [-0.05, 0) is 25.3 Å². The van der Waals surface area contributed by atoms with Crippen molar-refractivity contribution < 1.29 is 19.5 Å². The van der Waals surface area contributed by atoms with E-state index in [-0.39, 0.29) is 12.3 Å². The summed E-state index contributed by atoms with van der Waals surface area (Å²) in [6.07, 6.45) is 3.36. The van der Waals surface area contributed by atoms with E-state index in [1.54, 1.807) is 0 Å². The molecule has 1 unspecified atom stereocenters. The highest BCUT2D eigenvalue weighted by molar-refractivity contribution is 5.88. The number of nitrogens with one attached hydrogen (secondary N) is 1. The Morgan fingerprint density at radius 2 is 1.85 bits per heavy atom. The molecule has 0 aliphatic carbocycles. The Bertz CT molecular complexity index is 328. The summed E-state index contributed by atoms with van der Waals surface area (Å²) in [6.45, 7) is 2.64. The van der Waals surface area contributed by atoms with Gasteiger partial charge < -0.3 is 21.9 Å². The molecule has 0 saturated heterocycles. The predicted octanol–water partition coefficient (Wildman–Crippen LogP) is -0.0235.